The molecular weight excluding hydrogens is 405 g/mol. The number of carbonyl (C=O) groups excluding carboxylic acids is 1. The Hall–Kier alpha value is -2.30. The van der Waals surface area contributed by atoms with Crippen molar-refractivity contribution in [1.82, 2.24) is 14.7 Å². The molecule has 3 aromatic rings. The molecule has 0 bridgehead atoms. The topological polar surface area (TPSA) is 38.1 Å². The van der Waals surface area contributed by atoms with Gasteiger partial charge in [-0.3, -0.25) is 4.79 Å². The first kappa shape index (κ1) is 18.7. The fourth-order valence-corrected chi connectivity index (χ4v) is 4.88. The number of benzene rings is 2. The molecule has 0 atom stereocenters. The van der Waals surface area contributed by atoms with Crippen molar-refractivity contribution in [3.05, 3.63) is 69.8 Å². The van der Waals surface area contributed by atoms with Gasteiger partial charge in [0.2, 0.25) is 0 Å². The van der Waals surface area contributed by atoms with Crippen molar-refractivity contribution >= 4 is 29.1 Å². The number of nitrogens with zero attached hydrogens (tertiary/aromatic N) is 3. The van der Waals surface area contributed by atoms with Crippen LogP contribution in [0.2, 0.25) is 10.0 Å². The zero-order valence-corrected chi connectivity index (χ0v) is 17.5. The summed E-state index contributed by atoms with van der Waals surface area (Å²) in [4.78, 5) is 15.5. The molecule has 0 spiro atoms. The molecule has 29 heavy (non-hydrogen) atoms. The molecule has 148 valence electrons. The Kier molecular flexibility index (Phi) is 4.84. The monoisotopic (exact) mass is 425 g/mol. The lowest BCUT2D eigenvalue weighted by atomic mass is 9.94. The average Bonchev–Trinajstić information content (AvgIpc) is 3.26. The largest absolute Gasteiger partial charge is 0.330 e. The molecule has 1 saturated carbocycles. The van der Waals surface area contributed by atoms with Crippen LogP contribution in [-0.4, -0.2) is 26.6 Å². The number of fused-ring (bicyclic) bond motifs is 1. The minimum atomic E-state index is 0.0788. The molecule has 0 unspecified atom stereocenters. The standard InChI is InChI=1S/C23H21Cl2N3O/c24-16-12-10-15(11-13-16)22-21-19(26-28(22)20-9-5-4-8-18(20)25)14-27(23(21)29)17-6-2-1-3-7-17/h4-5,8-13,17H,1-3,6-7,14H2. The van der Waals surface area contributed by atoms with E-state index in [0.717, 1.165) is 35.5 Å². The van der Waals surface area contributed by atoms with Crippen LogP contribution in [0.15, 0.2) is 48.5 Å². The number of para-hydroxylation sites is 1. The summed E-state index contributed by atoms with van der Waals surface area (Å²) >= 11 is 12.6. The summed E-state index contributed by atoms with van der Waals surface area (Å²) in [6.45, 7) is 0.566. The van der Waals surface area contributed by atoms with E-state index in [1.165, 1.54) is 19.3 Å². The van der Waals surface area contributed by atoms with E-state index < -0.39 is 0 Å². The van der Waals surface area contributed by atoms with Gasteiger partial charge in [0, 0.05) is 16.6 Å². The number of hydrogen-bond acceptors (Lipinski definition) is 2. The van der Waals surface area contributed by atoms with E-state index in [1.807, 2.05) is 58.1 Å². The van der Waals surface area contributed by atoms with Gasteiger partial charge in [-0.25, -0.2) is 4.68 Å². The van der Waals surface area contributed by atoms with Gasteiger partial charge in [0.1, 0.15) is 0 Å². The van der Waals surface area contributed by atoms with E-state index in [4.69, 9.17) is 28.3 Å². The molecule has 0 saturated heterocycles. The number of amides is 1. The van der Waals surface area contributed by atoms with Crippen LogP contribution in [0.1, 0.15) is 48.2 Å². The minimum absolute atomic E-state index is 0.0788. The maximum Gasteiger partial charge on any atom is 0.258 e. The Morgan fingerprint density at radius 2 is 1.66 bits per heavy atom. The zero-order chi connectivity index (χ0) is 20.0. The number of carbonyl (C=O) groups is 1. The third-order valence-corrected chi connectivity index (χ3v) is 6.54. The zero-order valence-electron chi connectivity index (χ0n) is 15.9. The summed E-state index contributed by atoms with van der Waals surface area (Å²) in [5.74, 6) is 0.0788. The Morgan fingerprint density at radius 3 is 2.38 bits per heavy atom. The van der Waals surface area contributed by atoms with Gasteiger partial charge in [-0.2, -0.15) is 5.10 Å². The van der Waals surface area contributed by atoms with Gasteiger partial charge in [0.25, 0.3) is 5.91 Å². The maximum atomic E-state index is 13.5. The molecule has 1 aromatic heterocycles. The Labute approximate surface area is 180 Å². The smallest absolute Gasteiger partial charge is 0.258 e. The minimum Gasteiger partial charge on any atom is -0.330 e. The van der Waals surface area contributed by atoms with E-state index in [0.29, 0.717) is 28.2 Å². The Balaban J connectivity index is 1.65. The van der Waals surface area contributed by atoms with Crippen molar-refractivity contribution < 1.29 is 4.79 Å². The van der Waals surface area contributed by atoms with Gasteiger partial charge >= 0.3 is 0 Å². The summed E-state index contributed by atoms with van der Waals surface area (Å²) in [7, 11) is 0. The number of rotatable bonds is 3. The second kappa shape index (κ2) is 7.51. The number of halogens is 2. The van der Waals surface area contributed by atoms with Crippen molar-refractivity contribution in [2.75, 3.05) is 0 Å². The predicted octanol–water partition coefficient (Wildman–Crippen LogP) is 6.13. The van der Waals surface area contributed by atoms with E-state index in [9.17, 15) is 4.79 Å². The highest BCUT2D eigenvalue weighted by atomic mass is 35.5. The number of hydrogen-bond donors (Lipinski definition) is 0. The summed E-state index contributed by atoms with van der Waals surface area (Å²) in [6, 6.07) is 15.4. The van der Waals surface area contributed by atoms with Gasteiger partial charge in [0.05, 0.1) is 34.2 Å². The van der Waals surface area contributed by atoms with Crippen molar-refractivity contribution in [3.8, 4) is 16.9 Å². The van der Waals surface area contributed by atoms with Crippen molar-refractivity contribution in [1.29, 1.82) is 0 Å². The molecule has 5 rings (SSSR count). The lowest BCUT2D eigenvalue weighted by Gasteiger charge is -2.31. The van der Waals surface area contributed by atoms with E-state index in [-0.39, 0.29) is 5.91 Å². The van der Waals surface area contributed by atoms with Crippen LogP contribution in [0.25, 0.3) is 16.9 Å². The highest BCUT2D eigenvalue weighted by molar-refractivity contribution is 6.32. The quantitative estimate of drug-likeness (QED) is 0.505. The lowest BCUT2D eigenvalue weighted by molar-refractivity contribution is 0.0657. The second-order valence-electron chi connectivity index (χ2n) is 7.77. The molecule has 1 amide bonds. The molecule has 1 fully saturated rings. The van der Waals surface area contributed by atoms with Crippen LogP contribution in [0.3, 0.4) is 0 Å². The number of aromatic nitrogens is 2. The molecule has 0 N–H and O–H groups in total. The normalized spacial score (nSPS) is 17.0. The van der Waals surface area contributed by atoms with Crippen molar-refractivity contribution in [2.24, 2.45) is 0 Å². The Bertz CT molecular complexity index is 1070. The van der Waals surface area contributed by atoms with Crippen LogP contribution >= 0.6 is 23.2 Å². The van der Waals surface area contributed by atoms with Crippen LogP contribution in [0, 0.1) is 0 Å². The van der Waals surface area contributed by atoms with Crippen LogP contribution < -0.4 is 0 Å². The van der Waals surface area contributed by atoms with Gasteiger partial charge in [-0.05, 0) is 37.1 Å². The SMILES string of the molecule is O=C1c2c(nn(-c3ccccc3Cl)c2-c2ccc(Cl)cc2)CN1C1CCCCC1. The molecule has 2 aromatic carbocycles. The summed E-state index contributed by atoms with van der Waals surface area (Å²) in [5.41, 5.74) is 3.98. The molecular formula is C23H21Cl2N3O. The van der Waals surface area contributed by atoms with Crippen molar-refractivity contribution in [3.63, 3.8) is 0 Å². The second-order valence-corrected chi connectivity index (χ2v) is 8.61. The maximum absolute atomic E-state index is 13.5. The summed E-state index contributed by atoms with van der Waals surface area (Å²) < 4.78 is 1.81. The summed E-state index contributed by atoms with van der Waals surface area (Å²) in [6.07, 6.45) is 5.80. The Morgan fingerprint density at radius 1 is 0.931 bits per heavy atom. The van der Waals surface area contributed by atoms with Gasteiger partial charge in [-0.15, -0.1) is 0 Å². The van der Waals surface area contributed by atoms with E-state index in [2.05, 4.69) is 0 Å². The molecule has 2 heterocycles. The van der Waals surface area contributed by atoms with Crippen LogP contribution in [0.4, 0.5) is 0 Å². The molecule has 1 aliphatic heterocycles. The fourth-order valence-electron chi connectivity index (χ4n) is 4.54. The molecule has 2 aliphatic rings. The van der Waals surface area contributed by atoms with Gasteiger partial charge in [-0.1, -0.05) is 66.7 Å². The predicted molar refractivity (Wildman–Crippen MR) is 116 cm³/mol. The average molecular weight is 426 g/mol. The first-order valence-electron chi connectivity index (χ1n) is 10.1. The van der Waals surface area contributed by atoms with E-state index in [1.54, 1.807) is 0 Å². The molecule has 4 nitrogen and oxygen atoms in total. The summed E-state index contributed by atoms with van der Waals surface area (Å²) in [5, 5.41) is 6.11. The third-order valence-electron chi connectivity index (χ3n) is 5.97. The van der Waals surface area contributed by atoms with Gasteiger partial charge in [0.15, 0.2) is 0 Å². The van der Waals surface area contributed by atoms with E-state index >= 15 is 0 Å². The van der Waals surface area contributed by atoms with Gasteiger partial charge < -0.3 is 4.90 Å². The highest BCUT2D eigenvalue weighted by Crippen LogP contribution is 2.38. The van der Waals surface area contributed by atoms with Crippen molar-refractivity contribution in [2.45, 2.75) is 44.7 Å². The first-order valence-corrected chi connectivity index (χ1v) is 10.8. The third kappa shape index (κ3) is 3.24. The highest BCUT2D eigenvalue weighted by Gasteiger charge is 2.39. The fraction of sp³-hybridized carbons (Fsp3) is 0.304. The molecule has 0 radical (unpaired) electrons. The molecule has 1 aliphatic carbocycles. The van der Waals surface area contributed by atoms with Crippen LogP contribution in [-0.2, 0) is 6.54 Å². The lowest BCUT2D eigenvalue weighted by Crippen LogP contribution is -2.37. The molecule has 6 heteroatoms. The first-order chi connectivity index (χ1) is 14.1. The van der Waals surface area contributed by atoms with Crippen LogP contribution in [0.5, 0.6) is 0 Å².